The molecular formula is C12H19N5O3. The summed E-state index contributed by atoms with van der Waals surface area (Å²) in [6.07, 6.45) is 0. The molecule has 0 spiro atoms. The number of hydrazine groups is 1. The van der Waals surface area contributed by atoms with E-state index in [0.29, 0.717) is 5.69 Å². The second kappa shape index (κ2) is 6.20. The molecule has 0 heterocycles. The summed E-state index contributed by atoms with van der Waals surface area (Å²) >= 11 is 0. The number of amides is 1. The number of benzene rings is 1. The highest BCUT2D eigenvalue weighted by Crippen LogP contribution is 2.32. The van der Waals surface area contributed by atoms with Crippen molar-refractivity contribution < 1.29 is 9.72 Å². The van der Waals surface area contributed by atoms with Crippen molar-refractivity contribution in [1.82, 2.24) is 5.32 Å². The number of carbonyl (C=O) groups excluding carboxylic acids is 1. The second-order valence-electron chi connectivity index (χ2n) is 4.92. The minimum Gasteiger partial charge on any atom is -0.378 e. The highest BCUT2D eigenvalue weighted by atomic mass is 16.6. The lowest BCUT2D eigenvalue weighted by Crippen LogP contribution is -2.39. The molecule has 0 fully saturated rings. The highest BCUT2D eigenvalue weighted by Gasteiger charge is 2.28. The molecule has 0 saturated heterocycles. The standard InChI is InChI=1S/C12H19N5O3/c1-12(2,11(18)14-3)7-15-8-5-4-6-9(16-13)10(8)17(19)20/h4-6,15-16H,7,13H2,1-3H3,(H,14,18). The number of nitrogen functional groups attached to an aromatic ring is 1. The fourth-order valence-corrected chi connectivity index (χ4v) is 1.73. The van der Waals surface area contributed by atoms with Crippen LogP contribution in [0, 0.1) is 15.5 Å². The molecule has 20 heavy (non-hydrogen) atoms. The van der Waals surface area contributed by atoms with Gasteiger partial charge in [-0.1, -0.05) is 6.07 Å². The average molecular weight is 281 g/mol. The summed E-state index contributed by atoms with van der Waals surface area (Å²) in [5, 5.41) is 16.6. The number of rotatable bonds is 6. The Morgan fingerprint density at radius 2 is 2.00 bits per heavy atom. The van der Waals surface area contributed by atoms with Crippen LogP contribution in [-0.4, -0.2) is 24.4 Å². The Bertz CT molecular complexity index is 516. The number of carbonyl (C=O) groups is 1. The maximum absolute atomic E-state index is 11.7. The van der Waals surface area contributed by atoms with E-state index in [9.17, 15) is 14.9 Å². The van der Waals surface area contributed by atoms with Gasteiger partial charge in [0.05, 0.1) is 10.3 Å². The predicted octanol–water partition coefficient (Wildman–Crippen LogP) is 1.06. The normalized spacial score (nSPS) is 10.8. The summed E-state index contributed by atoms with van der Waals surface area (Å²) in [6, 6.07) is 4.71. The van der Waals surface area contributed by atoms with E-state index in [0.717, 1.165) is 0 Å². The lowest BCUT2D eigenvalue weighted by atomic mass is 9.92. The third-order valence-electron chi connectivity index (χ3n) is 2.94. The zero-order chi connectivity index (χ0) is 15.3. The van der Waals surface area contributed by atoms with Crippen LogP contribution >= 0.6 is 0 Å². The number of nitrogens with zero attached hydrogens (tertiary/aromatic N) is 1. The number of nitrogens with one attached hydrogen (secondary N) is 3. The molecule has 8 heteroatoms. The van der Waals surface area contributed by atoms with Gasteiger partial charge in [-0.2, -0.15) is 0 Å². The molecule has 1 rings (SSSR count). The zero-order valence-electron chi connectivity index (χ0n) is 11.7. The van der Waals surface area contributed by atoms with Crippen LogP contribution < -0.4 is 21.9 Å². The molecule has 1 aromatic rings. The molecule has 0 unspecified atom stereocenters. The van der Waals surface area contributed by atoms with E-state index in [1.165, 1.54) is 6.07 Å². The Balaban J connectivity index is 2.99. The van der Waals surface area contributed by atoms with Gasteiger partial charge >= 0.3 is 5.69 Å². The van der Waals surface area contributed by atoms with Crippen LogP contribution in [0.3, 0.4) is 0 Å². The Kier molecular flexibility index (Phi) is 4.87. The number of nitrogens with two attached hydrogens (primary N) is 1. The second-order valence-corrected chi connectivity index (χ2v) is 4.92. The van der Waals surface area contributed by atoms with Crippen LogP contribution in [0.4, 0.5) is 17.1 Å². The summed E-state index contributed by atoms with van der Waals surface area (Å²) in [5.41, 5.74) is 1.95. The molecule has 0 atom stereocenters. The number of para-hydroxylation sites is 1. The largest absolute Gasteiger partial charge is 0.378 e. The first-order valence-electron chi connectivity index (χ1n) is 6.03. The number of nitro benzene ring substituents is 1. The van der Waals surface area contributed by atoms with E-state index in [-0.39, 0.29) is 23.8 Å². The molecule has 0 aromatic heterocycles. The van der Waals surface area contributed by atoms with Crippen LogP contribution in [0.1, 0.15) is 13.8 Å². The smallest absolute Gasteiger partial charge is 0.316 e. The fraction of sp³-hybridized carbons (Fsp3) is 0.417. The van der Waals surface area contributed by atoms with Crippen molar-refractivity contribution >= 4 is 23.0 Å². The lowest BCUT2D eigenvalue weighted by Gasteiger charge is -2.23. The van der Waals surface area contributed by atoms with Gasteiger partial charge in [-0.25, -0.2) is 0 Å². The molecule has 8 nitrogen and oxygen atoms in total. The van der Waals surface area contributed by atoms with E-state index in [1.54, 1.807) is 33.0 Å². The first kappa shape index (κ1) is 15.7. The van der Waals surface area contributed by atoms with Gasteiger partial charge in [0.25, 0.3) is 0 Å². The van der Waals surface area contributed by atoms with Crippen LogP contribution in [0.25, 0.3) is 0 Å². The fourth-order valence-electron chi connectivity index (χ4n) is 1.73. The molecule has 0 bridgehead atoms. The highest BCUT2D eigenvalue weighted by molar-refractivity contribution is 5.83. The maximum Gasteiger partial charge on any atom is 0.316 e. The van der Waals surface area contributed by atoms with E-state index in [1.807, 2.05) is 0 Å². The van der Waals surface area contributed by atoms with E-state index in [2.05, 4.69) is 16.1 Å². The van der Waals surface area contributed by atoms with E-state index in [4.69, 9.17) is 5.84 Å². The van der Waals surface area contributed by atoms with Gasteiger partial charge in [-0.05, 0) is 26.0 Å². The first-order chi connectivity index (χ1) is 9.33. The lowest BCUT2D eigenvalue weighted by molar-refractivity contribution is -0.383. The van der Waals surface area contributed by atoms with Crippen LogP contribution in [-0.2, 0) is 4.79 Å². The number of nitro groups is 1. The Morgan fingerprint density at radius 1 is 1.40 bits per heavy atom. The zero-order valence-corrected chi connectivity index (χ0v) is 11.7. The van der Waals surface area contributed by atoms with Crippen molar-refractivity contribution in [2.24, 2.45) is 11.3 Å². The molecule has 0 aliphatic heterocycles. The average Bonchev–Trinajstić information content (AvgIpc) is 2.43. The van der Waals surface area contributed by atoms with Gasteiger partial charge in [-0.15, -0.1) is 0 Å². The van der Waals surface area contributed by atoms with Crippen molar-refractivity contribution in [3.8, 4) is 0 Å². The van der Waals surface area contributed by atoms with Crippen molar-refractivity contribution in [2.75, 3.05) is 24.3 Å². The maximum atomic E-state index is 11.7. The topological polar surface area (TPSA) is 122 Å². The van der Waals surface area contributed by atoms with Gasteiger partial charge in [0.1, 0.15) is 11.4 Å². The van der Waals surface area contributed by atoms with Crippen LogP contribution in [0.2, 0.25) is 0 Å². The van der Waals surface area contributed by atoms with Crippen molar-refractivity contribution in [2.45, 2.75) is 13.8 Å². The molecule has 5 N–H and O–H groups in total. The summed E-state index contributed by atoms with van der Waals surface area (Å²) in [7, 11) is 1.55. The molecule has 0 radical (unpaired) electrons. The van der Waals surface area contributed by atoms with Gasteiger partial charge in [-0.3, -0.25) is 20.8 Å². The minimum absolute atomic E-state index is 0.150. The summed E-state index contributed by atoms with van der Waals surface area (Å²) in [5.74, 6) is 5.11. The summed E-state index contributed by atoms with van der Waals surface area (Å²) in [6.45, 7) is 3.74. The van der Waals surface area contributed by atoms with Gasteiger partial charge in [0.2, 0.25) is 5.91 Å². The number of hydrogen-bond acceptors (Lipinski definition) is 6. The minimum atomic E-state index is -0.700. The van der Waals surface area contributed by atoms with Gasteiger partial charge < -0.3 is 16.1 Å². The van der Waals surface area contributed by atoms with Crippen molar-refractivity contribution in [3.63, 3.8) is 0 Å². The third kappa shape index (κ3) is 3.35. The Labute approximate surface area is 116 Å². The first-order valence-corrected chi connectivity index (χ1v) is 6.03. The molecule has 0 aliphatic rings. The van der Waals surface area contributed by atoms with Crippen molar-refractivity contribution in [3.05, 3.63) is 28.3 Å². The van der Waals surface area contributed by atoms with Gasteiger partial charge in [0.15, 0.2) is 0 Å². The molecule has 110 valence electrons. The predicted molar refractivity (Wildman–Crippen MR) is 77.2 cm³/mol. The quantitative estimate of drug-likeness (QED) is 0.351. The van der Waals surface area contributed by atoms with E-state index >= 15 is 0 Å². The molecule has 0 saturated carbocycles. The Hall–Kier alpha value is -2.35. The van der Waals surface area contributed by atoms with Gasteiger partial charge in [0, 0.05) is 13.6 Å². The molecule has 1 amide bonds. The van der Waals surface area contributed by atoms with E-state index < -0.39 is 10.3 Å². The molecule has 1 aromatic carbocycles. The molecule has 0 aliphatic carbocycles. The number of anilines is 2. The summed E-state index contributed by atoms with van der Waals surface area (Å²) < 4.78 is 0. The monoisotopic (exact) mass is 281 g/mol. The van der Waals surface area contributed by atoms with Crippen LogP contribution in [0.15, 0.2) is 18.2 Å². The Morgan fingerprint density at radius 3 is 2.50 bits per heavy atom. The summed E-state index contributed by atoms with van der Waals surface area (Å²) in [4.78, 5) is 22.3. The number of hydrogen-bond donors (Lipinski definition) is 4. The molecular weight excluding hydrogens is 262 g/mol. The van der Waals surface area contributed by atoms with Crippen LogP contribution in [0.5, 0.6) is 0 Å². The third-order valence-corrected chi connectivity index (χ3v) is 2.94. The SMILES string of the molecule is CNC(=O)C(C)(C)CNc1cccc(NN)c1[N+](=O)[O-]. The van der Waals surface area contributed by atoms with Crippen molar-refractivity contribution in [1.29, 1.82) is 0 Å².